The number of benzene rings is 2. The molecule has 1 fully saturated rings. The predicted molar refractivity (Wildman–Crippen MR) is 139 cm³/mol. The van der Waals surface area contributed by atoms with Crippen molar-refractivity contribution in [1.82, 2.24) is 24.2 Å². The van der Waals surface area contributed by atoms with Crippen LogP contribution in [0.25, 0.3) is 22.0 Å². The number of aliphatic hydroxyl groups is 1. The third-order valence-electron chi connectivity index (χ3n) is 7.08. The molecule has 1 saturated heterocycles. The fraction of sp³-hybridized carbons (Fsp3) is 0.333. The lowest BCUT2D eigenvalue weighted by molar-refractivity contribution is -0.136. The average Bonchev–Trinajstić information content (AvgIpc) is 3.17. The Labute approximate surface area is 209 Å². The highest BCUT2D eigenvalue weighted by atomic mass is 16.3. The molecule has 0 saturated carbocycles. The summed E-state index contributed by atoms with van der Waals surface area (Å²) in [6, 6.07) is 15.9. The smallest absolute Gasteiger partial charge is 0.274 e. The van der Waals surface area contributed by atoms with Crippen LogP contribution >= 0.6 is 0 Å². The van der Waals surface area contributed by atoms with Crippen molar-refractivity contribution in [2.45, 2.75) is 25.9 Å². The molecule has 1 aliphatic heterocycles. The van der Waals surface area contributed by atoms with Gasteiger partial charge in [0.25, 0.3) is 5.56 Å². The summed E-state index contributed by atoms with van der Waals surface area (Å²) in [5.74, 6) is 0.354. The van der Waals surface area contributed by atoms with Gasteiger partial charge in [-0.2, -0.15) is 0 Å². The van der Waals surface area contributed by atoms with E-state index in [1.165, 1.54) is 0 Å². The zero-order valence-corrected chi connectivity index (χ0v) is 20.7. The first kappa shape index (κ1) is 23.7. The minimum atomic E-state index is -0.473. The van der Waals surface area contributed by atoms with Gasteiger partial charge >= 0.3 is 0 Å². The lowest BCUT2D eigenvalue weighted by atomic mass is 10.1. The van der Waals surface area contributed by atoms with Crippen molar-refractivity contribution in [2.24, 2.45) is 7.05 Å². The summed E-state index contributed by atoms with van der Waals surface area (Å²) in [4.78, 5) is 37.8. The van der Waals surface area contributed by atoms with Crippen LogP contribution in [0.15, 0.2) is 65.7 Å². The molecule has 3 heterocycles. The molecule has 4 aromatic rings. The van der Waals surface area contributed by atoms with E-state index >= 15 is 0 Å². The minimum absolute atomic E-state index is 0.0198. The van der Waals surface area contributed by atoms with Crippen LogP contribution in [-0.4, -0.2) is 67.5 Å². The highest BCUT2D eigenvalue weighted by molar-refractivity contribution is 5.84. The molecule has 36 heavy (non-hydrogen) atoms. The number of anilines is 1. The third-order valence-corrected chi connectivity index (χ3v) is 7.08. The van der Waals surface area contributed by atoms with Gasteiger partial charge in [0.1, 0.15) is 6.61 Å². The van der Waals surface area contributed by atoms with Gasteiger partial charge in [0, 0.05) is 50.7 Å². The van der Waals surface area contributed by atoms with Gasteiger partial charge < -0.3 is 14.9 Å². The van der Waals surface area contributed by atoms with E-state index in [0.29, 0.717) is 31.0 Å². The van der Waals surface area contributed by atoms with Gasteiger partial charge in [0.05, 0.1) is 16.9 Å². The molecule has 0 aliphatic carbocycles. The molecule has 1 aliphatic rings. The van der Waals surface area contributed by atoms with Gasteiger partial charge in [0.2, 0.25) is 11.9 Å². The molecule has 1 unspecified atom stereocenters. The van der Waals surface area contributed by atoms with Gasteiger partial charge in [-0.05, 0) is 37.1 Å². The van der Waals surface area contributed by atoms with E-state index in [-0.39, 0.29) is 23.6 Å². The summed E-state index contributed by atoms with van der Waals surface area (Å²) in [5.41, 5.74) is 3.74. The Morgan fingerprint density at radius 3 is 2.47 bits per heavy atom. The molecule has 5 rings (SSSR count). The lowest BCUT2D eigenvalue weighted by Gasteiger charge is -2.39. The van der Waals surface area contributed by atoms with E-state index in [4.69, 9.17) is 5.11 Å². The van der Waals surface area contributed by atoms with Crippen LogP contribution in [0.4, 0.5) is 5.95 Å². The molecule has 0 bridgehead atoms. The Bertz CT molecular complexity index is 1440. The van der Waals surface area contributed by atoms with Gasteiger partial charge in [0.15, 0.2) is 0 Å². The first-order valence-electron chi connectivity index (χ1n) is 12.1. The lowest BCUT2D eigenvalue weighted by Crippen LogP contribution is -2.55. The molecule has 0 radical (unpaired) electrons. The predicted octanol–water partition coefficient (Wildman–Crippen LogP) is 2.44. The second-order valence-electron chi connectivity index (χ2n) is 9.30. The number of carbonyl (C=O) groups excluding carboxylic acids is 1. The van der Waals surface area contributed by atoms with E-state index in [0.717, 1.165) is 22.2 Å². The molecule has 1 amide bonds. The second-order valence-corrected chi connectivity index (χ2v) is 9.30. The summed E-state index contributed by atoms with van der Waals surface area (Å²) in [6.07, 6.45) is 3.59. The maximum absolute atomic E-state index is 12.9. The van der Waals surface area contributed by atoms with Crippen LogP contribution in [0.5, 0.6) is 0 Å². The molecular weight excluding hydrogens is 456 g/mol. The van der Waals surface area contributed by atoms with Crippen LogP contribution in [0, 0.1) is 0 Å². The Balaban J connectivity index is 1.43. The summed E-state index contributed by atoms with van der Waals surface area (Å²) in [7, 11) is 1.80. The Morgan fingerprint density at radius 2 is 1.81 bits per heavy atom. The quantitative estimate of drug-likeness (QED) is 0.466. The maximum Gasteiger partial charge on any atom is 0.274 e. The molecule has 2 atom stereocenters. The van der Waals surface area contributed by atoms with Crippen molar-refractivity contribution in [1.29, 1.82) is 0 Å². The van der Waals surface area contributed by atoms with Gasteiger partial charge in [-0.15, -0.1) is 0 Å². The second kappa shape index (κ2) is 9.58. The zero-order chi connectivity index (χ0) is 25.4. The maximum atomic E-state index is 12.9. The molecular formula is C27H30N6O3. The normalized spacial score (nSPS) is 16.9. The number of rotatable bonds is 5. The molecule has 9 nitrogen and oxygen atoms in total. The number of hydrogen-bond donors (Lipinski definition) is 1. The number of piperazine rings is 1. The van der Waals surface area contributed by atoms with Crippen molar-refractivity contribution in [3.8, 4) is 11.1 Å². The SMILES string of the molecule is CC(c1ccccc1)n1c2cc(-c3cnc(N4CCN(C(=O)CO)[C@H](C)C4)nc3)ccc2c(=O)n1C. The minimum Gasteiger partial charge on any atom is -0.387 e. The molecule has 9 heteroatoms. The van der Waals surface area contributed by atoms with E-state index in [9.17, 15) is 9.59 Å². The number of amides is 1. The van der Waals surface area contributed by atoms with Crippen LogP contribution in [0.1, 0.15) is 25.5 Å². The molecule has 2 aromatic carbocycles. The average molecular weight is 487 g/mol. The zero-order valence-electron chi connectivity index (χ0n) is 20.7. The summed E-state index contributed by atoms with van der Waals surface area (Å²) in [6.45, 7) is 5.30. The number of nitrogens with zero attached hydrogens (tertiary/aromatic N) is 6. The number of fused-ring (bicyclic) bond motifs is 1. The van der Waals surface area contributed by atoms with E-state index in [1.54, 1.807) is 29.0 Å². The van der Waals surface area contributed by atoms with Gasteiger partial charge in [-0.25, -0.2) is 9.97 Å². The number of aromatic nitrogens is 4. The van der Waals surface area contributed by atoms with Crippen LogP contribution in [-0.2, 0) is 11.8 Å². The Hall–Kier alpha value is -3.98. The number of hydrogen-bond acceptors (Lipinski definition) is 6. The standard InChI is InChI=1S/C27H30N6O3/c1-18-16-31(11-12-32(18)25(35)17-34)27-28-14-22(15-29-27)21-9-10-23-24(13-21)33(30(3)26(23)36)19(2)20-7-5-4-6-8-20/h4-10,13-15,18-19,34H,11-12,16-17H2,1-3H3/t18-,19?/m1/s1. The fourth-order valence-electron chi connectivity index (χ4n) is 5.09. The van der Waals surface area contributed by atoms with Crippen molar-refractivity contribution in [2.75, 3.05) is 31.1 Å². The van der Waals surface area contributed by atoms with E-state index in [1.807, 2.05) is 48.0 Å². The van der Waals surface area contributed by atoms with Crippen LogP contribution in [0.3, 0.4) is 0 Å². The van der Waals surface area contributed by atoms with Crippen molar-refractivity contribution in [3.63, 3.8) is 0 Å². The number of carbonyl (C=O) groups is 1. The first-order valence-corrected chi connectivity index (χ1v) is 12.1. The van der Waals surface area contributed by atoms with Crippen molar-refractivity contribution < 1.29 is 9.90 Å². The molecule has 186 valence electrons. The van der Waals surface area contributed by atoms with Gasteiger partial charge in [-0.3, -0.25) is 19.0 Å². The first-order chi connectivity index (χ1) is 17.4. The van der Waals surface area contributed by atoms with E-state index < -0.39 is 6.61 Å². The summed E-state index contributed by atoms with van der Waals surface area (Å²) < 4.78 is 3.70. The van der Waals surface area contributed by atoms with Crippen molar-refractivity contribution >= 4 is 22.8 Å². The fourth-order valence-corrected chi connectivity index (χ4v) is 5.09. The van der Waals surface area contributed by atoms with Crippen LogP contribution < -0.4 is 10.5 Å². The third kappa shape index (κ3) is 4.15. The van der Waals surface area contributed by atoms with Crippen molar-refractivity contribution in [3.05, 3.63) is 76.8 Å². The highest BCUT2D eigenvalue weighted by Crippen LogP contribution is 2.27. The number of aliphatic hydroxyl groups excluding tert-OH is 1. The van der Waals surface area contributed by atoms with E-state index in [2.05, 4.69) is 33.9 Å². The largest absolute Gasteiger partial charge is 0.387 e. The molecule has 1 N–H and O–H groups in total. The molecule has 0 spiro atoms. The topological polar surface area (TPSA) is 96.5 Å². The summed E-state index contributed by atoms with van der Waals surface area (Å²) >= 11 is 0. The Kier molecular flexibility index (Phi) is 6.32. The van der Waals surface area contributed by atoms with Crippen LogP contribution in [0.2, 0.25) is 0 Å². The molecule has 2 aromatic heterocycles. The summed E-state index contributed by atoms with van der Waals surface area (Å²) in [5, 5.41) is 9.84. The Morgan fingerprint density at radius 1 is 1.08 bits per heavy atom. The van der Waals surface area contributed by atoms with Gasteiger partial charge in [-0.1, -0.05) is 36.4 Å². The monoisotopic (exact) mass is 486 g/mol. The highest BCUT2D eigenvalue weighted by Gasteiger charge is 2.28.